The standard InChI is InChI=1S/C21H26N6O2/c28-20(26-10-4-5-11-26)18-14-22-15-19(25-18)23-17-8-12-27(13-9-17)21(29)24-16-6-2-1-3-7-16/h1-3,6-7,14-15,17H,4-5,8-13H2,(H,23,25)(H,24,29). The van der Waals surface area contributed by atoms with Crippen LogP contribution in [0.25, 0.3) is 0 Å². The van der Waals surface area contributed by atoms with Crippen LogP contribution < -0.4 is 10.6 Å². The molecule has 0 radical (unpaired) electrons. The number of urea groups is 1. The van der Waals surface area contributed by atoms with E-state index in [1.165, 1.54) is 6.20 Å². The molecule has 2 N–H and O–H groups in total. The molecule has 152 valence electrons. The maximum absolute atomic E-state index is 12.5. The third kappa shape index (κ3) is 4.82. The number of carbonyl (C=O) groups excluding carboxylic acids is 2. The second-order valence-corrected chi connectivity index (χ2v) is 7.49. The van der Waals surface area contributed by atoms with Crippen molar-refractivity contribution < 1.29 is 9.59 Å². The summed E-state index contributed by atoms with van der Waals surface area (Å²) in [5, 5.41) is 6.30. The van der Waals surface area contributed by atoms with Crippen LogP contribution in [0.2, 0.25) is 0 Å². The summed E-state index contributed by atoms with van der Waals surface area (Å²) in [5.41, 5.74) is 1.18. The highest BCUT2D eigenvalue weighted by atomic mass is 16.2. The Kier molecular flexibility index (Phi) is 5.88. The van der Waals surface area contributed by atoms with E-state index < -0.39 is 0 Å². The van der Waals surface area contributed by atoms with Gasteiger partial charge in [-0.25, -0.2) is 9.78 Å². The molecule has 8 heteroatoms. The molecule has 1 aromatic carbocycles. The van der Waals surface area contributed by atoms with Crippen LogP contribution in [-0.4, -0.2) is 63.9 Å². The molecule has 2 aromatic rings. The largest absolute Gasteiger partial charge is 0.366 e. The number of aromatic nitrogens is 2. The first-order valence-electron chi connectivity index (χ1n) is 10.2. The van der Waals surface area contributed by atoms with Gasteiger partial charge in [0.05, 0.1) is 12.4 Å². The Morgan fingerprint density at radius 1 is 0.931 bits per heavy atom. The topological polar surface area (TPSA) is 90.5 Å². The summed E-state index contributed by atoms with van der Waals surface area (Å²) < 4.78 is 0. The molecule has 0 bridgehead atoms. The van der Waals surface area contributed by atoms with Crippen LogP contribution in [0.1, 0.15) is 36.2 Å². The van der Waals surface area contributed by atoms with Crippen LogP contribution in [0.3, 0.4) is 0 Å². The van der Waals surface area contributed by atoms with Crippen molar-refractivity contribution in [3.8, 4) is 0 Å². The molecule has 3 amide bonds. The monoisotopic (exact) mass is 394 g/mol. The van der Waals surface area contributed by atoms with Crippen molar-refractivity contribution in [3.05, 3.63) is 48.4 Å². The van der Waals surface area contributed by atoms with Gasteiger partial charge >= 0.3 is 6.03 Å². The number of amides is 3. The number of hydrogen-bond acceptors (Lipinski definition) is 5. The fraction of sp³-hybridized carbons (Fsp3) is 0.429. The van der Waals surface area contributed by atoms with E-state index in [0.717, 1.165) is 44.5 Å². The predicted octanol–water partition coefficient (Wildman–Crippen LogP) is 2.82. The fourth-order valence-corrected chi connectivity index (χ4v) is 3.78. The van der Waals surface area contributed by atoms with Gasteiger partial charge in [0, 0.05) is 37.9 Å². The average Bonchev–Trinajstić information content (AvgIpc) is 3.29. The Bertz CT molecular complexity index is 845. The summed E-state index contributed by atoms with van der Waals surface area (Å²) in [6.45, 7) is 2.91. The van der Waals surface area contributed by atoms with Crippen LogP contribution in [-0.2, 0) is 0 Å². The lowest BCUT2D eigenvalue weighted by atomic mass is 10.1. The number of carbonyl (C=O) groups is 2. The van der Waals surface area contributed by atoms with Crippen molar-refractivity contribution in [2.45, 2.75) is 31.7 Å². The van der Waals surface area contributed by atoms with E-state index in [9.17, 15) is 9.59 Å². The first-order valence-corrected chi connectivity index (χ1v) is 10.2. The molecule has 0 saturated carbocycles. The number of para-hydroxylation sites is 1. The highest BCUT2D eigenvalue weighted by molar-refractivity contribution is 5.92. The second-order valence-electron chi connectivity index (χ2n) is 7.49. The molecule has 2 saturated heterocycles. The third-order valence-corrected chi connectivity index (χ3v) is 5.41. The van der Waals surface area contributed by atoms with E-state index >= 15 is 0 Å². The van der Waals surface area contributed by atoms with Crippen molar-refractivity contribution in [3.63, 3.8) is 0 Å². The SMILES string of the molecule is O=C(Nc1ccccc1)N1CCC(Nc2cncc(C(=O)N3CCCC3)n2)CC1. The van der Waals surface area contributed by atoms with Gasteiger partial charge in [-0.05, 0) is 37.8 Å². The maximum Gasteiger partial charge on any atom is 0.321 e. The van der Waals surface area contributed by atoms with Crippen molar-refractivity contribution in [1.29, 1.82) is 0 Å². The number of nitrogens with zero attached hydrogens (tertiary/aromatic N) is 4. The van der Waals surface area contributed by atoms with Gasteiger partial charge in [0.1, 0.15) is 11.5 Å². The number of nitrogens with one attached hydrogen (secondary N) is 2. The van der Waals surface area contributed by atoms with E-state index in [2.05, 4.69) is 20.6 Å². The molecule has 2 aliphatic heterocycles. The van der Waals surface area contributed by atoms with Gasteiger partial charge in [-0.3, -0.25) is 9.78 Å². The van der Waals surface area contributed by atoms with Crippen LogP contribution in [0.15, 0.2) is 42.7 Å². The van der Waals surface area contributed by atoms with Crippen molar-refractivity contribution >= 4 is 23.4 Å². The summed E-state index contributed by atoms with van der Waals surface area (Å²) >= 11 is 0. The number of hydrogen-bond donors (Lipinski definition) is 2. The van der Waals surface area contributed by atoms with Gasteiger partial charge in [-0.1, -0.05) is 18.2 Å². The van der Waals surface area contributed by atoms with Crippen LogP contribution >= 0.6 is 0 Å². The normalized spacial score (nSPS) is 17.2. The maximum atomic E-state index is 12.5. The minimum absolute atomic E-state index is 0.0500. The minimum Gasteiger partial charge on any atom is -0.366 e. The molecule has 0 unspecified atom stereocenters. The van der Waals surface area contributed by atoms with Gasteiger partial charge in [-0.2, -0.15) is 0 Å². The lowest BCUT2D eigenvalue weighted by Gasteiger charge is -2.32. The van der Waals surface area contributed by atoms with Crippen LogP contribution in [0, 0.1) is 0 Å². The Morgan fingerprint density at radius 2 is 1.66 bits per heavy atom. The molecular weight excluding hydrogens is 368 g/mol. The summed E-state index contributed by atoms with van der Waals surface area (Å²) in [6, 6.07) is 9.59. The number of rotatable bonds is 4. The summed E-state index contributed by atoms with van der Waals surface area (Å²) in [6.07, 6.45) is 6.90. The first kappa shape index (κ1) is 19.2. The van der Waals surface area contributed by atoms with E-state index in [-0.39, 0.29) is 18.0 Å². The van der Waals surface area contributed by atoms with E-state index in [0.29, 0.717) is 24.6 Å². The zero-order valence-corrected chi connectivity index (χ0v) is 16.4. The molecule has 0 spiro atoms. The lowest BCUT2D eigenvalue weighted by molar-refractivity contribution is 0.0786. The van der Waals surface area contributed by atoms with Crippen molar-refractivity contribution in [1.82, 2.24) is 19.8 Å². The van der Waals surface area contributed by atoms with Gasteiger partial charge in [0.2, 0.25) is 0 Å². The molecular formula is C21H26N6O2. The molecule has 2 aliphatic rings. The molecule has 8 nitrogen and oxygen atoms in total. The Morgan fingerprint density at radius 3 is 2.38 bits per heavy atom. The van der Waals surface area contributed by atoms with Gasteiger partial charge in [-0.15, -0.1) is 0 Å². The quantitative estimate of drug-likeness (QED) is 0.832. The number of piperidine rings is 1. The van der Waals surface area contributed by atoms with Gasteiger partial charge in [0.15, 0.2) is 0 Å². The highest BCUT2D eigenvalue weighted by Crippen LogP contribution is 2.17. The predicted molar refractivity (Wildman–Crippen MR) is 111 cm³/mol. The summed E-state index contributed by atoms with van der Waals surface area (Å²) in [5.74, 6) is 0.563. The van der Waals surface area contributed by atoms with E-state index in [1.807, 2.05) is 40.1 Å². The summed E-state index contributed by atoms with van der Waals surface area (Å²) in [4.78, 5) is 37.2. The molecule has 1 aromatic heterocycles. The first-order chi connectivity index (χ1) is 14.2. The number of anilines is 2. The number of benzene rings is 1. The molecule has 3 heterocycles. The molecule has 0 atom stereocenters. The zero-order valence-electron chi connectivity index (χ0n) is 16.4. The molecule has 0 aliphatic carbocycles. The fourth-order valence-electron chi connectivity index (χ4n) is 3.78. The summed E-state index contributed by atoms with van der Waals surface area (Å²) in [7, 11) is 0. The molecule has 2 fully saturated rings. The lowest BCUT2D eigenvalue weighted by Crippen LogP contribution is -2.44. The van der Waals surface area contributed by atoms with E-state index in [4.69, 9.17) is 0 Å². The molecule has 29 heavy (non-hydrogen) atoms. The average molecular weight is 394 g/mol. The van der Waals surface area contributed by atoms with Gasteiger partial charge in [0.25, 0.3) is 5.91 Å². The van der Waals surface area contributed by atoms with E-state index in [1.54, 1.807) is 6.20 Å². The van der Waals surface area contributed by atoms with Gasteiger partial charge < -0.3 is 20.4 Å². The third-order valence-electron chi connectivity index (χ3n) is 5.41. The Hall–Kier alpha value is -3.16. The minimum atomic E-state index is -0.0763. The Balaban J connectivity index is 1.29. The van der Waals surface area contributed by atoms with Crippen LogP contribution in [0.5, 0.6) is 0 Å². The smallest absolute Gasteiger partial charge is 0.321 e. The molecule has 4 rings (SSSR count). The Labute approximate surface area is 170 Å². The zero-order chi connectivity index (χ0) is 20.1. The van der Waals surface area contributed by atoms with Crippen molar-refractivity contribution in [2.75, 3.05) is 36.8 Å². The second kappa shape index (κ2) is 8.89. The van der Waals surface area contributed by atoms with Crippen molar-refractivity contribution in [2.24, 2.45) is 0 Å². The number of likely N-dealkylation sites (tertiary alicyclic amines) is 2. The highest BCUT2D eigenvalue weighted by Gasteiger charge is 2.24. The van der Waals surface area contributed by atoms with Crippen LogP contribution in [0.4, 0.5) is 16.3 Å².